The first-order valence-electron chi connectivity index (χ1n) is 6.49. The number of hydrogen-bond donors (Lipinski definition) is 0. The van der Waals surface area contributed by atoms with Gasteiger partial charge in [-0.3, -0.25) is 45.4 Å². The fourth-order valence-corrected chi connectivity index (χ4v) is 2.05. The van der Waals surface area contributed by atoms with Gasteiger partial charge in [0.25, 0.3) is 0 Å². The highest BCUT2D eigenvalue weighted by Crippen LogP contribution is 2.30. The van der Waals surface area contributed by atoms with Crippen molar-refractivity contribution in [2.75, 3.05) is 27.2 Å². The van der Waals surface area contributed by atoms with Crippen molar-refractivity contribution in [1.82, 2.24) is 4.90 Å². The van der Waals surface area contributed by atoms with Crippen LogP contribution in [0.5, 0.6) is 5.75 Å². The van der Waals surface area contributed by atoms with Gasteiger partial charge in [0, 0.05) is 6.07 Å². The molecule has 0 aromatic heterocycles. The Labute approximate surface area is 139 Å². The Morgan fingerprint density at radius 3 is 1.72 bits per heavy atom. The minimum absolute atomic E-state index is 0.104. The molecule has 1 heterocycles. The lowest BCUT2D eigenvalue weighted by Gasteiger charge is -2.32. The highest BCUT2D eigenvalue weighted by molar-refractivity contribution is 5.55. The molecule has 0 radical (unpaired) electrons. The van der Waals surface area contributed by atoms with Crippen LogP contribution < -0.4 is 4.74 Å². The summed E-state index contributed by atoms with van der Waals surface area (Å²) in [5.41, 5.74) is -3.06. The highest BCUT2D eigenvalue weighted by Gasteiger charge is 2.64. The number of ether oxygens (including phenoxy) is 1. The molecule has 1 aliphatic heterocycles. The largest absolute Gasteiger partial charge is 0.496 e. The van der Waals surface area contributed by atoms with Gasteiger partial charge < -0.3 is 4.74 Å². The second-order valence-electron chi connectivity index (χ2n) is 5.04. The molecule has 2 rings (SSSR count). The van der Waals surface area contributed by atoms with Crippen LogP contribution in [0.3, 0.4) is 0 Å². The monoisotopic (exact) mass is 359 g/mol. The van der Waals surface area contributed by atoms with Crippen molar-refractivity contribution in [3.63, 3.8) is 0 Å². The maximum absolute atomic E-state index is 10.4. The lowest BCUT2D eigenvalue weighted by atomic mass is 10.0. The van der Waals surface area contributed by atoms with E-state index in [1.807, 2.05) is 0 Å². The maximum atomic E-state index is 10.4. The molecular weight excluding hydrogens is 346 g/mol. The third kappa shape index (κ3) is 4.11. The number of rotatable bonds is 5. The summed E-state index contributed by atoms with van der Waals surface area (Å²) in [4.78, 5) is 39.5. The molecule has 0 atom stereocenters. The molecule has 0 aliphatic carbocycles. The van der Waals surface area contributed by atoms with E-state index in [1.54, 1.807) is 7.05 Å². The molecule has 1 aromatic rings. The summed E-state index contributed by atoms with van der Waals surface area (Å²) in [5, 5.41) is 41.3. The van der Waals surface area contributed by atoms with E-state index >= 15 is 0 Å². The van der Waals surface area contributed by atoms with E-state index in [2.05, 4.69) is 0 Å². The van der Waals surface area contributed by atoms with Gasteiger partial charge in [-0.2, -0.15) is 0 Å². The first kappa shape index (κ1) is 19.6. The third-order valence-electron chi connectivity index (χ3n) is 3.30. The van der Waals surface area contributed by atoms with Gasteiger partial charge in [-0.05, 0) is 13.1 Å². The Bertz CT molecular complexity index is 700. The summed E-state index contributed by atoms with van der Waals surface area (Å²) in [7, 11) is 2.93. The number of nitrogens with zero attached hydrogens (tertiary/aromatic N) is 5. The summed E-state index contributed by atoms with van der Waals surface area (Å²) in [6.07, 6.45) is 0. The number of likely N-dealkylation sites (N-methyl/N-ethyl adjacent to an activating group) is 1. The highest BCUT2D eigenvalue weighted by atomic mass is 16.7. The Balaban J connectivity index is 0.000000257. The lowest BCUT2D eigenvalue weighted by molar-refractivity contribution is -0.810. The number of nitro benzene ring substituents is 2. The lowest BCUT2D eigenvalue weighted by Crippen LogP contribution is -2.68. The average molecular weight is 359 g/mol. The van der Waals surface area contributed by atoms with Crippen LogP contribution in [0.1, 0.15) is 0 Å². The van der Waals surface area contributed by atoms with Crippen LogP contribution in [-0.4, -0.2) is 57.5 Å². The average Bonchev–Trinajstić information content (AvgIpc) is 2.50. The molecule has 1 fully saturated rings. The molecule has 0 spiro atoms. The second kappa shape index (κ2) is 7.43. The van der Waals surface area contributed by atoms with Crippen molar-refractivity contribution in [3.8, 4) is 5.75 Å². The number of hydrogen-bond acceptors (Lipinski definition) is 10. The van der Waals surface area contributed by atoms with Gasteiger partial charge in [0.15, 0.2) is 0 Å². The fourth-order valence-electron chi connectivity index (χ4n) is 2.05. The first-order valence-corrected chi connectivity index (χ1v) is 6.49. The Kier molecular flexibility index (Phi) is 5.84. The van der Waals surface area contributed by atoms with Crippen molar-refractivity contribution in [3.05, 3.63) is 58.7 Å². The predicted octanol–water partition coefficient (Wildman–Crippen LogP) is 0.693. The quantitative estimate of drug-likeness (QED) is 0.411. The molecule has 14 nitrogen and oxygen atoms in total. The van der Waals surface area contributed by atoms with Crippen LogP contribution in [0.15, 0.2) is 18.2 Å². The maximum Gasteiger partial charge on any atom is 0.482 e. The Morgan fingerprint density at radius 2 is 1.44 bits per heavy atom. The van der Waals surface area contributed by atoms with Crippen molar-refractivity contribution in [1.29, 1.82) is 0 Å². The standard InChI is InChI=1S/C7H6N2O5.C4H7N3O4/c1-14-5-2-3-6(8(10)11)7(4-5)9(12)13;1-5-2-4(3-5,6(8)9)7(10)11/h2-4H,1H3;2-3H2,1H3. The van der Waals surface area contributed by atoms with E-state index in [-0.39, 0.29) is 18.8 Å². The zero-order chi connectivity index (χ0) is 19.4. The minimum atomic E-state index is -1.94. The second-order valence-corrected chi connectivity index (χ2v) is 5.04. The third-order valence-corrected chi connectivity index (χ3v) is 3.30. The molecule has 14 heteroatoms. The van der Waals surface area contributed by atoms with Crippen LogP contribution in [0.25, 0.3) is 0 Å². The van der Waals surface area contributed by atoms with Crippen molar-refractivity contribution >= 4 is 11.4 Å². The van der Waals surface area contributed by atoms with Gasteiger partial charge in [0.2, 0.25) is 0 Å². The van der Waals surface area contributed by atoms with Gasteiger partial charge in [-0.25, -0.2) is 0 Å². The molecule has 1 saturated heterocycles. The topological polar surface area (TPSA) is 185 Å². The van der Waals surface area contributed by atoms with E-state index < -0.39 is 36.7 Å². The van der Waals surface area contributed by atoms with Gasteiger partial charge in [-0.1, -0.05) is 0 Å². The van der Waals surface area contributed by atoms with E-state index in [0.29, 0.717) is 0 Å². The summed E-state index contributed by atoms with van der Waals surface area (Å²) < 4.78 is 4.71. The molecule has 25 heavy (non-hydrogen) atoms. The molecule has 1 aromatic carbocycles. The van der Waals surface area contributed by atoms with Crippen LogP contribution in [0, 0.1) is 40.5 Å². The summed E-state index contributed by atoms with van der Waals surface area (Å²) in [6, 6.07) is 3.35. The Hall–Kier alpha value is -3.42. The summed E-state index contributed by atoms with van der Waals surface area (Å²) in [6.45, 7) is -0.208. The van der Waals surface area contributed by atoms with E-state index in [1.165, 1.54) is 18.1 Å². The zero-order valence-corrected chi connectivity index (χ0v) is 13.1. The van der Waals surface area contributed by atoms with E-state index in [0.717, 1.165) is 12.1 Å². The predicted molar refractivity (Wildman–Crippen MR) is 80.5 cm³/mol. The number of nitro groups is 4. The van der Waals surface area contributed by atoms with Gasteiger partial charge >= 0.3 is 17.0 Å². The SMILES string of the molecule is CN1CC([N+](=O)[O-])([N+](=O)[O-])C1.COc1ccc([N+](=O)[O-])c([N+](=O)[O-])c1. The molecule has 0 saturated carbocycles. The first-order chi connectivity index (χ1) is 11.5. The normalized spacial score (nSPS) is 15.1. The number of methoxy groups -OCH3 is 1. The molecule has 1 aliphatic rings. The van der Waals surface area contributed by atoms with Crippen LogP contribution >= 0.6 is 0 Å². The van der Waals surface area contributed by atoms with Crippen molar-refractivity contribution < 1.29 is 24.4 Å². The van der Waals surface area contributed by atoms with Gasteiger partial charge in [0.05, 0.1) is 23.0 Å². The Morgan fingerprint density at radius 1 is 0.960 bits per heavy atom. The van der Waals surface area contributed by atoms with E-state index in [4.69, 9.17) is 4.74 Å². The smallest absolute Gasteiger partial charge is 0.482 e. The van der Waals surface area contributed by atoms with Crippen molar-refractivity contribution in [2.24, 2.45) is 0 Å². The van der Waals surface area contributed by atoms with E-state index in [9.17, 15) is 40.5 Å². The number of benzene rings is 1. The van der Waals surface area contributed by atoms with Gasteiger partial charge in [-0.15, -0.1) is 0 Å². The summed E-state index contributed by atoms with van der Waals surface area (Å²) in [5.74, 6) is 0.210. The fraction of sp³-hybridized carbons (Fsp3) is 0.455. The minimum Gasteiger partial charge on any atom is -0.496 e. The molecule has 0 unspecified atom stereocenters. The molecule has 136 valence electrons. The summed E-state index contributed by atoms with van der Waals surface area (Å²) >= 11 is 0. The van der Waals surface area contributed by atoms with Crippen LogP contribution in [-0.2, 0) is 0 Å². The van der Waals surface area contributed by atoms with Gasteiger partial charge in [0.1, 0.15) is 28.7 Å². The molecule has 0 bridgehead atoms. The molecular formula is C11H13N5O9. The zero-order valence-electron chi connectivity index (χ0n) is 13.1. The van der Waals surface area contributed by atoms with Crippen LogP contribution in [0.4, 0.5) is 11.4 Å². The number of likely N-dealkylation sites (tertiary alicyclic amines) is 1. The van der Waals surface area contributed by atoms with Crippen LogP contribution in [0.2, 0.25) is 0 Å². The molecule has 0 amide bonds. The molecule has 0 N–H and O–H groups in total. The van der Waals surface area contributed by atoms with Crippen molar-refractivity contribution in [2.45, 2.75) is 5.66 Å².